The SMILES string of the molecule is CN1C(=O)C(C)(C)c2cc(CC(N)=O)ccc21. The Morgan fingerprint density at radius 1 is 1.41 bits per heavy atom. The van der Waals surface area contributed by atoms with Crippen LogP contribution in [0.5, 0.6) is 0 Å². The zero-order chi connectivity index (χ0) is 12.8. The van der Waals surface area contributed by atoms with Gasteiger partial charge in [0.15, 0.2) is 0 Å². The number of rotatable bonds is 2. The Hall–Kier alpha value is -1.84. The highest BCUT2D eigenvalue weighted by molar-refractivity contribution is 6.07. The van der Waals surface area contributed by atoms with E-state index >= 15 is 0 Å². The third-order valence-corrected chi connectivity index (χ3v) is 3.31. The third-order valence-electron chi connectivity index (χ3n) is 3.31. The number of nitrogens with two attached hydrogens (primary N) is 1. The lowest BCUT2D eigenvalue weighted by Gasteiger charge is -2.16. The lowest BCUT2D eigenvalue weighted by molar-refractivity contribution is -0.121. The molecule has 0 spiro atoms. The van der Waals surface area contributed by atoms with Gasteiger partial charge in [-0.2, -0.15) is 0 Å². The number of likely N-dealkylation sites (N-methyl/N-ethyl adjacent to an activating group) is 1. The Bertz CT molecular complexity index is 506. The van der Waals surface area contributed by atoms with Crippen LogP contribution in [0.15, 0.2) is 18.2 Å². The molecule has 1 aromatic rings. The average molecular weight is 232 g/mol. The first-order valence-corrected chi connectivity index (χ1v) is 5.54. The molecule has 1 heterocycles. The minimum atomic E-state index is -0.530. The fourth-order valence-electron chi connectivity index (χ4n) is 2.33. The molecule has 0 bridgehead atoms. The van der Waals surface area contributed by atoms with Crippen LogP contribution in [0.25, 0.3) is 0 Å². The van der Waals surface area contributed by atoms with E-state index in [9.17, 15) is 9.59 Å². The Balaban J connectivity index is 2.50. The number of anilines is 1. The highest BCUT2D eigenvalue weighted by Gasteiger charge is 2.42. The van der Waals surface area contributed by atoms with Crippen LogP contribution < -0.4 is 10.6 Å². The quantitative estimate of drug-likeness (QED) is 0.825. The predicted molar refractivity (Wildman–Crippen MR) is 65.8 cm³/mol. The first kappa shape index (κ1) is 11.6. The number of amides is 2. The van der Waals surface area contributed by atoms with Gasteiger partial charge in [-0.25, -0.2) is 0 Å². The Morgan fingerprint density at radius 2 is 2.06 bits per heavy atom. The molecular formula is C13H16N2O2. The maximum atomic E-state index is 12.1. The van der Waals surface area contributed by atoms with E-state index in [1.807, 2.05) is 32.0 Å². The monoisotopic (exact) mass is 232 g/mol. The van der Waals surface area contributed by atoms with E-state index in [2.05, 4.69) is 0 Å². The fraction of sp³-hybridized carbons (Fsp3) is 0.385. The largest absolute Gasteiger partial charge is 0.369 e. The summed E-state index contributed by atoms with van der Waals surface area (Å²) in [7, 11) is 1.77. The number of hydrogen-bond acceptors (Lipinski definition) is 2. The van der Waals surface area contributed by atoms with Gasteiger partial charge in [0.1, 0.15) is 0 Å². The van der Waals surface area contributed by atoms with Crippen molar-refractivity contribution in [2.45, 2.75) is 25.7 Å². The Morgan fingerprint density at radius 3 is 2.65 bits per heavy atom. The fourth-order valence-corrected chi connectivity index (χ4v) is 2.33. The van der Waals surface area contributed by atoms with Crippen LogP contribution in [0.3, 0.4) is 0 Å². The topological polar surface area (TPSA) is 63.4 Å². The maximum Gasteiger partial charge on any atom is 0.236 e. The summed E-state index contributed by atoms with van der Waals surface area (Å²) < 4.78 is 0. The molecule has 17 heavy (non-hydrogen) atoms. The lowest BCUT2D eigenvalue weighted by Crippen LogP contribution is -2.33. The van der Waals surface area contributed by atoms with Gasteiger partial charge >= 0.3 is 0 Å². The van der Waals surface area contributed by atoms with E-state index in [0.717, 1.165) is 16.8 Å². The van der Waals surface area contributed by atoms with Gasteiger partial charge in [-0.05, 0) is 31.0 Å². The number of hydrogen-bond donors (Lipinski definition) is 1. The highest BCUT2D eigenvalue weighted by Crippen LogP contribution is 2.40. The molecule has 1 aliphatic heterocycles. The van der Waals surface area contributed by atoms with E-state index < -0.39 is 5.41 Å². The molecule has 0 aromatic heterocycles. The van der Waals surface area contributed by atoms with Crippen molar-refractivity contribution >= 4 is 17.5 Å². The second-order valence-corrected chi connectivity index (χ2v) is 4.98. The van der Waals surface area contributed by atoms with Crippen LogP contribution in [0, 0.1) is 0 Å². The molecule has 0 saturated heterocycles. The lowest BCUT2D eigenvalue weighted by atomic mass is 9.85. The Labute approximate surface area is 100 Å². The number of fused-ring (bicyclic) bond motifs is 1. The number of benzene rings is 1. The van der Waals surface area contributed by atoms with Crippen LogP contribution in [0.1, 0.15) is 25.0 Å². The number of carbonyl (C=O) groups is 2. The summed E-state index contributed by atoms with van der Waals surface area (Å²) in [5, 5.41) is 0. The van der Waals surface area contributed by atoms with Crippen molar-refractivity contribution in [1.29, 1.82) is 0 Å². The van der Waals surface area contributed by atoms with Gasteiger partial charge in [0.05, 0.1) is 11.8 Å². The summed E-state index contributed by atoms with van der Waals surface area (Å²) in [6.07, 6.45) is 0.210. The minimum Gasteiger partial charge on any atom is -0.369 e. The molecule has 0 aliphatic carbocycles. The highest BCUT2D eigenvalue weighted by atomic mass is 16.2. The molecular weight excluding hydrogens is 216 g/mol. The second-order valence-electron chi connectivity index (χ2n) is 4.98. The van der Waals surface area contributed by atoms with Gasteiger partial charge in [0, 0.05) is 12.7 Å². The van der Waals surface area contributed by atoms with Gasteiger partial charge in [-0.1, -0.05) is 12.1 Å². The summed E-state index contributed by atoms with van der Waals surface area (Å²) in [6, 6.07) is 5.62. The van der Waals surface area contributed by atoms with Gasteiger partial charge < -0.3 is 10.6 Å². The molecule has 4 heteroatoms. The van der Waals surface area contributed by atoms with Gasteiger partial charge in [0.25, 0.3) is 0 Å². The predicted octanol–water partition coefficient (Wildman–Crippen LogP) is 0.968. The third kappa shape index (κ3) is 1.69. The van der Waals surface area contributed by atoms with Crippen molar-refractivity contribution in [2.24, 2.45) is 5.73 Å². The summed E-state index contributed by atoms with van der Waals surface area (Å²) in [6.45, 7) is 3.79. The van der Waals surface area contributed by atoms with Gasteiger partial charge in [0.2, 0.25) is 11.8 Å². The zero-order valence-electron chi connectivity index (χ0n) is 10.3. The number of carbonyl (C=O) groups excluding carboxylic acids is 2. The van der Waals surface area contributed by atoms with Crippen LogP contribution in [-0.4, -0.2) is 18.9 Å². The number of primary amides is 1. The van der Waals surface area contributed by atoms with E-state index in [0.29, 0.717) is 0 Å². The van der Waals surface area contributed by atoms with Crippen LogP contribution >= 0.6 is 0 Å². The van der Waals surface area contributed by atoms with E-state index in [-0.39, 0.29) is 18.2 Å². The standard InChI is InChI=1S/C13H16N2O2/c1-13(2)9-6-8(7-11(14)16)4-5-10(9)15(3)12(13)17/h4-6H,7H2,1-3H3,(H2,14,16). The summed E-state index contributed by atoms with van der Waals surface area (Å²) in [5.74, 6) is -0.288. The second kappa shape index (κ2) is 3.58. The van der Waals surface area contributed by atoms with Crippen molar-refractivity contribution in [3.63, 3.8) is 0 Å². The first-order valence-electron chi connectivity index (χ1n) is 5.54. The molecule has 0 fully saturated rings. The van der Waals surface area contributed by atoms with Crippen molar-refractivity contribution in [3.05, 3.63) is 29.3 Å². The normalized spacial score (nSPS) is 17.1. The molecule has 4 nitrogen and oxygen atoms in total. The summed E-state index contributed by atoms with van der Waals surface area (Å²) in [4.78, 5) is 24.6. The first-order chi connectivity index (χ1) is 7.84. The molecule has 1 aromatic carbocycles. The summed E-state index contributed by atoms with van der Waals surface area (Å²) in [5.41, 5.74) is 7.37. The molecule has 2 amide bonds. The number of nitrogens with zero attached hydrogens (tertiary/aromatic N) is 1. The maximum absolute atomic E-state index is 12.1. The van der Waals surface area contributed by atoms with E-state index in [1.54, 1.807) is 11.9 Å². The molecule has 2 rings (SSSR count). The molecule has 0 radical (unpaired) electrons. The van der Waals surface area contributed by atoms with Crippen molar-refractivity contribution in [2.75, 3.05) is 11.9 Å². The molecule has 90 valence electrons. The zero-order valence-corrected chi connectivity index (χ0v) is 10.3. The molecule has 0 atom stereocenters. The van der Waals surface area contributed by atoms with E-state index in [4.69, 9.17) is 5.73 Å². The smallest absolute Gasteiger partial charge is 0.236 e. The van der Waals surface area contributed by atoms with Crippen LogP contribution in [0.2, 0.25) is 0 Å². The van der Waals surface area contributed by atoms with Crippen molar-refractivity contribution < 1.29 is 9.59 Å². The molecule has 0 unspecified atom stereocenters. The average Bonchev–Trinajstić information content (AvgIpc) is 2.40. The molecule has 1 aliphatic rings. The van der Waals surface area contributed by atoms with Gasteiger partial charge in [-0.3, -0.25) is 9.59 Å². The van der Waals surface area contributed by atoms with Crippen LogP contribution in [-0.2, 0) is 21.4 Å². The summed E-state index contributed by atoms with van der Waals surface area (Å²) >= 11 is 0. The van der Waals surface area contributed by atoms with Crippen molar-refractivity contribution in [1.82, 2.24) is 0 Å². The van der Waals surface area contributed by atoms with Gasteiger partial charge in [-0.15, -0.1) is 0 Å². The molecule has 0 saturated carbocycles. The minimum absolute atomic E-state index is 0.0729. The molecule has 2 N–H and O–H groups in total. The Kier molecular flexibility index (Phi) is 2.45. The van der Waals surface area contributed by atoms with Crippen molar-refractivity contribution in [3.8, 4) is 0 Å². The van der Waals surface area contributed by atoms with E-state index in [1.165, 1.54) is 0 Å². The van der Waals surface area contributed by atoms with Crippen LogP contribution in [0.4, 0.5) is 5.69 Å².